The highest BCUT2D eigenvalue weighted by atomic mass is 16.5. The van der Waals surface area contributed by atoms with Gasteiger partial charge >= 0.3 is 0 Å². The second-order valence-corrected chi connectivity index (χ2v) is 6.66. The van der Waals surface area contributed by atoms with E-state index < -0.39 is 5.60 Å². The number of rotatable bonds is 6. The van der Waals surface area contributed by atoms with Crippen LogP contribution in [0.15, 0.2) is 24.5 Å². The number of hydrogen-bond acceptors (Lipinski definition) is 7. The van der Waals surface area contributed by atoms with E-state index in [0.717, 1.165) is 12.0 Å². The summed E-state index contributed by atoms with van der Waals surface area (Å²) in [6, 6.07) is 3.60. The summed E-state index contributed by atoms with van der Waals surface area (Å²) in [4.78, 5) is 27.2. The quantitative estimate of drug-likeness (QED) is 0.760. The summed E-state index contributed by atoms with van der Waals surface area (Å²) in [5.74, 6) is 1.06. The zero-order valence-electron chi connectivity index (χ0n) is 15.2. The Bertz CT molecular complexity index is 797. The standard InChI is InChI=1S/C18H23N5O3.2H2/c1-18(2,25)14-6-5-12(9-19-14)13-10-20-16-17(22-13)23(7-4-8-26-3)15(24)11-21-16;;/h5-6,9-10,25H,4,7-8,11H2,1-3H3,(H,20,21);2*1H. The van der Waals surface area contributed by atoms with Gasteiger partial charge in [0.15, 0.2) is 11.6 Å². The van der Waals surface area contributed by atoms with Crippen molar-refractivity contribution in [2.24, 2.45) is 0 Å². The molecule has 8 nitrogen and oxygen atoms in total. The minimum atomic E-state index is -1.01. The number of pyridine rings is 1. The molecule has 3 rings (SSSR count). The van der Waals surface area contributed by atoms with E-state index in [1.807, 2.05) is 6.07 Å². The Morgan fingerprint density at radius 2 is 2.15 bits per heavy atom. The number of aliphatic hydroxyl groups is 1. The highest BCUT2D eigenvalue weighted by Crippen LogP contribution is 2.29. The van der Waals surface area contributed by atoms with E-state index in [9.17, 15) is 9.90 Å². The summed E-state index contributed by atoms with van der Waals surface area (Å²) < 4.78 is 5.07. The predicted octanol–water partition coefficient (Wildman–Crippen LogP) is 2.05. The van der Waals surface area contributed by atoms with E-state index >= 15 is 0 Å². The maximum atomic E-state index is 12.3. The van der Waals surface area contributed by atoms with Gasteiger partial charge in [-0.25, -0.2) is 9.97 Å². The Hall–Kier alpha value is -2.58. The van der Waals surface area contributed by atoms with Crippen molar-refractivity contribution in [3.63, 3.8) is 0 Å². The first-order chi connectivity index (χ1) is 12.4. The molecule has 0 saturated heterocycles. The molecule has 0 aromatic carbocycles. The van der Waals surface area contributed by atoms with Gasteiger partial charge in [0, 0.05) is 34.9 Å². The lowest BCUT2D eigenvalue weighted by atomic mass is 10.0. The van der Waals surface area contributed by atoms with Crippen LogP contribution in [-0.2, 0) is 15.1 Å². The zero-order valence-corrected chi connectivity index (χ0v) is 15.2. The number of carbonyl (C=O) groups excluding carboxylic acids is 1. The number of nitrogens with one attached hydrogen (secondary N) is 1. The molecule has 3 heterocycles. The fourth-order valence-corrected chi connectivity index (χ4v) is 2.71. The minimum absolute atomic E-state index is 0. The van der Waals surface area contributed by atoms with Gasteiger partial charge in [-0.2, -0.15) is 0 Å². The van der Waals surface area contributed by atoms with E-state index in [-0.39, 0.29) is 15.3 Å². The van der Waals surface area contributed by atoms with Gasteiger partial charge in [0.25, 0.3) is 0 Å². The molecule has 0 fully saturated rings. The molecule has 8 heteroatoms. The van der Waals surface area contributed by atoms with Crippen LogP contribution in [0.25, 0.3) is 11.3 Å². The Kier molecular flexibility index (Phi) is 5.15. The van der Waals surface area contributed by atoms with Crippen LogP contribution in [0.3, 0.4) is 0 Å². The topological polar surface area (TPSA) is 100 Å². The van der Waals surface area contributed by atoms with Gasteiger partial charge in [-0.05, 0) is 32.4 Å². The van der Waals surface area contributed by atoms with Crippen LogP contribution in [0.4, 0.5) is 11.6 Å². The molecule has 0 aliphatic carbocycles. The molecule has 0 saturated carbocycles. The highest BCUT2D eigenvalue weighted by molar-refractivity contribution is 6.00. The van der Waals surface area contributed by atoms with Gasteiger partial charge in [0.05, 0.1) is 24.1 Å². The number of aromatic nitrogens is 3. The number of fused-ring (bicyclic) bond motifs is 1. The average Bonchev–Trinajstić information content (AvgIpc) is 2.62. The molecule has 26 heavy (non-hydrogen) atoms. The molecule has 2 aromatic heterocycles. The van der Waals surface area contributed by atoms with Crippen molar-refractivity contribution in [3.05, 3.63) is 30.2 Å². The van der Waals surface area contributed by atoms with Crippen molar-refractivity contribution in [2.75, 3.05) is 37.0 Å². The molecule has 0 unspecified atom stereocenters. The Morgan fingerprint density at radius 1 is 1.35 bits per heavy atom. The van der Waals surface area contributed by atoms with Crippen molar-refractivity contribution < 1.29 is 17.5 Å². The first-order valence-electron chi connectivity index (χ1n) is 8.49. The van der Waals surface area contributed by atoms with Gasteiger partial charge in [-0.15, -0.1) is 0 Å². The second-order valence-electron chi connectivity index (χ2n) is 6.66. The number of anilines is 2. The first kappa shape index (κ1) is 18.2. The van der Waals surface area contributed by atoms with Crippen molar-refractivity contribution in [3.8, 4) is 11.3 Å². The van der Waals surface area contributed by atoms with Crippen LogP contribution in [0.1, 0.15) is 28.8 Å². The summed E-state index contributed by atoms with van der Waals surface area (Å²) in [6.45, 7) is 4.67. The number of carbonyl (C=O) groups is 1. The number of hydrogen-bond donors (Lipinski definition) is 2. The lowest BCUT2D eigenvalue weighted by Gasteiger charge is -2.28. The first-order valence-corrected chi connectivity index (χ1v) is 8.49. The molecule has 0 atom stereocenters. The van der Waals surface area contributed by atoms with E-state index in [4.69, 9.17) is 4.74 Å². The predicted molar refractivity (Wildman–Crippen MR) is 102 cm³/mol. The van der Waals surface area contributed by atoms with Crippen molar-refractivity contribution in [1.29, 1.82) is 0 Å². The molecule has 1 aliphatic rings. The largest absolute Gasteiger partial charge is 0.385 e. The monoisotopic (exact) mass is 361 g/mol. The Balaban J connectivity index is 0.00000196. The number of nitrogens with zero attached hydrogens (tertiary/aromatic N) is 4. The molecule has 0 radical (unpaired) electrons. The van der Waals surface area contributed by atoms with Gasteiger partial charge in [0.1, 0.15) is 5.60 Å². The smallest absolute Gasteiger partial charge is 0.247 e. The molecular weight excluding hydrogens is 334 g/mol. The summed E-state index contributed by atoms with van der Waals surface area (Å²) in [6.07, 6.45) is 4.02. The molecular formula is C18H27N5O3. The van der Waals surface area contributed by atoms with Gasteiger partial charge < -0.3 is 15.2 Å². The third-order valence-electron chi connectivity index (χ3n) is 4.13. The highest BCUT2D eigenvalue weighted by Gasteiger charge is 2.26. The molecule has 1 amide bonds. The zero-order chi connectivity index (χ0) is 18.7. The maximum Gasteiger partial charge on any atom is 0.247 e. The lowest BCUT2D eigenvalue weighted by molar-refractivity contribution is -0.117. The van der Waals surface area contributed by atoms with Crippen molar-refractivity contribution in [2.45, 2.75) is 25.9 Å². The lowest BCUT2D eigenvalue weighted by Crippen LogP contribution is -2.41. The molecule has 0 bridgehead atoms. The third-order valence-corrected chi connectivity index (χ3v) is 4.13. The normalized spacial score (nSPS) is 14.2. The van der Waals surface area contributed by atoms with E-state index in [1.165, 1.54) is 0 Å². The number of amides is 1. The Morgan fingerprint density at radius 3 is 2.81 bits per heavy atom. The molecule has 142 valence electrons. The second kappa shape index (κ2) is 7.35. The van der Waals surface area contributed by atoms with Crippen LogP contribution in [0.5, 0.6) is 0 Å². The van der Waals surface area contributed by atoms with Crippen LogP contribution < -0.4 is 10.2 Å². The summed E-state index contributed by atoms with van der Waals surface area (Å²) in [5, 5.41) is 13.0. The van der Waals surface area contributed by atoms with Gasteiger partial charge in [-0.3, -0.25) is 14.7 Å². The maximum absolute atomic E-state index is 12.3. The van der Waals surface area contributed by atoms with Crippen molar-refractivity contribution >= 4 is 17.5 Å². The fraction of sp³-hybridized carbons (Fsp3) is 0.444. The third kappa shape index (κ3) is 3.81. The van der Waals surface area contributed by atoms with Gasteiger partial charge in [0.2, 0.25) is 5.91 Å². The minimum Gasteiger partial charge on any atom is -0.385 e. The molecule has 2 aromatic rings. The SMILES string of the molecule is COCCCN1C(=O)CNc2ncc(-c3ccc(C(C)(C)O)nc3)nc21.[HH].[HH]. The van der Waals surface area contributed by atoms with Crippen LogP contribution in [-0.4, -0.2) is 52.8 Å². The van der Waals surface area contributed by atoms with E-state index in [1.54, 1.807) is 44.3 Å². The van der Waals surface area contributed by atoms with Gasteiger partial charge in [-0.1, -0.05) is 0 Å². The molecule has 0 spiro atoms. The fourth-order valence-electron chi connectivity index (χ4n) is 2.71. The van der Waals surface area contributed by atoms with Crippen LogP contribution >= 0.6 is 0 Å². The average molecular weight is 361 g/mol. The number of methoxy groups -OCH3 is 1. The van der Waals surface area contributed by atoms with Crippen LogP contribution in [0, 0.1) is 0 Å². The Labute approximate surface area is 155 Å². The van der Waals surface area contributed by atoms with Crippen LogP contribution in [0.2, 0.25) is 0 Å². The van der Waals surface area contributed by atoms with E-state index in [2.05, 4.69) is 20.3 Å². The molecule has 2 N–H and O–H groups in total. The summed E-state index contributed by atoms with van der Waals surface area (Å²) in [7, 11) is 1.63. The van der Waals surface area contributed by atoms with E-state index in [0.29, 0.717) is 36.2 Å². The summed E-state index contributed by atoms with van der Waals surface area (Å²) in [5.41, 5.74) is 0.953. The van der Waals surface area contributed by atoms with Crippen molar-refractivity contribution in [1.82, 2.24) is 15.0 Å². The number of ether oxygens (including phenoxy) is 1. The molecule has 1 aliphatic heterocycles. The summed E-state index contributed by atoms with van der Waals surface area (Å²) >= 11 is 0.